The predicted octanol–water partition coefficient (Wildman–Crippen LogP) is 0.118. The summed E-state index contributed by atoms with van der Waals surface area (Å²) in [7, 11) is 0. The highest BCUT2D eigenvalue weighted by Crippen LogP contribution is 2.17. The van der Waals surface area contributed by atoms with Gasteiger partial charge >= 0.3 is 0 Å². The van der Waals surface area contributed by atoms with Crippen molar-refractivity contribution in [3.8, 4) is 0 Å². The molecule has 0 saturated carbocycles. The van der Waals surface area contributed by atoms with Crippen LogP contribution < -0.4 is 5.32 Å². The van der Waals surface area contributed by atoms with Crippen LogP contribution >= 0.6 is 0 Å². The van der Waals surface area contributed by atoms with Crippen LogP contribution in [0.1, 0.15) is 39.5 Å². The summed E-state index contributed by atoms with van der Waals surface area (Å²) in [6.45, 7) is 3.63. The zero-order valence-electron chi connectivity index (χ0n) is 12.9. The number of likely N-dealkylation sites (tertiary alicyclic amines) is 1. The number of hydrogen-bond donors (Lipinski definition) is 3. The Balaban J connectivity index is 1.54. The monoisotopic (exact) mass is 317 g/mol. The van der Waals surface area contributed by atoms with Crippen molar-refractivity contribution >= 4 is 11.8 Å². The number of aromatic nitrogens is 5. The summed E-state index contributed by atoms with van der Waals surface area (Å²) in [6.07, 6.45) is 4.81. The van der Waals surface area contributed by atoms with E-state index in [1.54, 1.807) is 11.8 Å². The standard InChI is InChI=1S/C14H19N7O2/c1-9-12(17-8-16-9)13(22)15-5-10-3-2-4-21(7-10)14(23)11-6-18-20-19-11/h6,8,10H,2-5,7H2,1H3,(H,15,22)(H,16,17)(H,18,19,20). The van der Waals surface area contributed by atoms with Crippen LogP contribution in [-0.2, 0) is 0 Å². The molecule has 0 aliphatic carbocycles. The SMILES string of the molecule is Cc1[nH]cnc1C(=O)NCC1CCCN(C(=O)c2cn[nH]n2)C1. The zero-order valence-corrected chi connectivity index (χ0v) is 12.9. The summed E-state index contributed by atoms with van der Waals surface area (Å²) < 4.78 is 0. The predicted molar refractivity (Wildman–Crippen MR) is 80.7 cm³/mol. The third-order valence-electron chi connectivity index (χ3n) is 4.04. The van der Waals surface area contributed by atoms with Crippen molar-refractivity contribution in [2.45, 2.75) is 19.8 Å². The van der Waals surface area contributed by atoms with Gasteiger partial charge in [0.2, 0.25) is 0 Å². The maximum absolute atomic E-state index is 12.3. The van der Waals surface area contributed by atoms with Crippen molar-refractivity contribution in [2.75, 3.05) is 19.6 Å². The lowest BCUT2D eigenvalue weighted by atomic mass is 9.97. The highest BCUT2D eigenvalue weighted by Gasteiger charge is 2.26. The Morgan fingerprint density at radius 1 is 1.48 bits per heavy atom. The first-order valence-corrected chi connectivity index (χ1v) is 7.58. The minimum absolute atomic E-state index is 0.127. The van der Waals surface area contributed by atoms with Gasteiger partial charge in [-0.1, -0.05) is 0 Å². The molecule has 2 aromatic heterocycles. The van der Waals surface area contributed by atoms with Gasteiger partial charge in [0.1, 0.15) is 5.69 Å². The Morgan fingerprint density at radius 3 is 3.04 bits per heavy atom. The Morgan fingerprint density at radius 2 is 2.35 bits per heavy atom. The Labute approximate surface area is 132 Å². The second kappa shape index (κ2) is 6.59. The van der Waals surface area contributed by atoms with Gasteiger partial charge in [-0.05, 0) is 25.7 Å². The van der Waals surface area contributed by atoms with Gasteiger partial charge in [0.15, 0.2) is 5.69 Å². The first-order chi connectivity index (χ1) is 11.1. The molecule has 3 N–H and O–H groups in total. The van der Waals surface area contributed by atoms with Gasteiger partial charge in [-0.3, -0.25) is 9.59 Å². The molecule has 0 bridgehead atoms. The highest BCUT2D eigenvalue weighted by atomic mass is 16.2. The van der Waals surface area contributed by atoms with Gasteiger partial charge < -0.3 is 15.2 Å². The molecule has 0 spiro atoms. The topological polar surface area (TPSA) is 120 Å². The molecular formula is C14H19N7O2. The van der Waals surface area contributed by atoms with E-state index in [1.165, 1.54) is 12.5 Å². The number of amides is 2. The molecule has 0 aromatic carbocycles. The average Bonchev–Trinajstić information content (AvgIpc) is 3.23. The summed E-state index contributed by atoms with van der Waals surface area (Å²) in [4.78, 5) is 33.0. The molecule has 1 fully saturated rings. The third kappa shape index (κ3) is 3.38. The number of carbonyl (C=O) groups is 2. The van der Waals surface area contributed by atoms with E-state index in [4.69, 9.17) is 0 Å². The van der Waals surface area contributed by atoms with E-state index >= 15 is 0 Å². The number of aryl methyl sites for hydroxylation is 1. The Bertz CT molecular complexity index is 679. The molecule has 3 rings (SSSR count). The number of nitrogens with one attached hydrogen (secondary N) is 3. The number of rotatable bonds is 4. The fourth-order valence-corrected chi connectivity index (χ4v) is 2.79. The molecule has 2 aromatic rings. The van der Waals surface area contributed by atoms with E-state index in [0.717, 1.165) is 18.5 Å². The fraction of sp³-hybridized carbons (Fsp3) is 0.500. The number of carbonyl (C=O) groups excluding carboxylic acids is 2. The molecule has 9 heteroatoms. The number of aromatic amines is 2. The minimum atomic E-state index is -0.191. The first kappa shape index (κ1) is 15.2. The number of hydrogen-bond acceptors (Lipinski definition) is 5. The molecule has 1 unspecified atom stereocenters. The number of piperidine rings is 1. The molecule has 0 radical (unpaired) electrons. The van der Waals surface area contributed by atoms with Crippen molar-refractivity contribution in [2.24, 2.45) is 5.92 Å². The molecule has 2 amide bonds. The summed E-state index contributed by atoms with van der Waals surface area (Å²) in [5.74, 6) is -0.0931. The van der Waals surface area contributed by atoms with Crippen LogP contribution in [0.3, 0.4) is 0 Å². The maximum atomic E-state index is 12.3. The molecule has 1 saturated heterocycles. The van der Waals surface area contributed by atoms with Gasteiger partial charge in [0, 0.05) is 25.3 Å². The smallest absolute Gasteiger partial charge is 0.276 e. The van der Waals surface area contributed by atoms with Crippen molar-refractivity contribution < 1.29 is 9.59 Å². The Hall–Kier alpha value is -2.71. The van der Waals surface area contributed by atoms with Crippen LogP contribution in [0.25, 0.3) is 0 Å². The number of nitrogens with zero attached hydrogens (tertiary/aromatic N) is 4. The molecule has 1 aliphatic rings. The lowest BCUT2D eigenvalue weighted by Gasteiger charge is -2.32. The molecule has 1 atom stereocenters. The van der Waals surface area contributed by atoms with Crippen LogP contribution in [0.4, 0.5) is 0 Å². The molecule has 23 heavy (non-hydrogen) atoms. The molecule has 122 valence electrons. The van der Waals surface area contributed by atoms with Crippen LogP contribution in [0.5, 0.6) is 0 Å². The molecule has 1 aliphatic heterocycles. The second-order valence-electron chi connectivity index (χ2n) is 5.70. The summed E-state index contributed by atoms with van der Waals surface area (Å²) >= 11 is 0. The van der Waals surface area contributed by atoms with Crippen molar-refractivity contribution in [3.63, 3.8) is 0 Å². The van der Waals surface area contributed by atoms with Gasteiger partial charge in [0.05, 0.1) is 12.5 Å². The normalized spacial score (nSPS) is 18.0. The number of H-pyrrole nitrogens is 2. The highest BCUT2D eigenvalue weighted by molar-refractivity contribution is 5.93. The zero-order chi connectivity index (χ0) is 16.2. The Kier molecular flexibility index (Phi) is 4.35. The largest absolute Gasteiger partial charge is 0.350 e. The fourth-order valence-electron chi connectivity index (χ4n) is 2.79. The summed E-state index contributed by atoms with van der Waals surface area (Å²) in [5, 5.41) is 12.8. The van der Waals surface area contributed by atoms with E-state index in [1.807, 2.05) is 0 Å². The third-order valence-corrected chi connectivity index (χ3v) is 4.04. The lowest BCUT2D eigenvalue weighted by molar-refractivity contribution is 0.0665. The molecule has 9 nitrogen and oxygen atoms in total. The van der Waals surface area contributed by atoms with Crippen molar-refractivity contribution in [1.82, 2.24) is 35.6 Å². The first-order valence-electron chi connectivity index (χ1n) is 7.58. The van der Waals surface area contributed by atoms with Crippen LogP contribution in [0, 0.1) is 12.8 Å². The van der Waals surface area contributed by atoms with Crippen LogP contribution in [0.15, 0.2) is 12.5 Å². The van der Waals surface area contributed by atoms with E-state index < -0.39 is 0 Å². The minimum Gasteiger partial charge on any atom is -0.350 e. The number of imidazole rings is 1. The van der Waals surface area contributed by atoms with Gasteiger partial charge in [-0.15, -0.1) is 0 Å². The molecule has 3 heterocycles. The van der Waals surface area contributed by atoms with Crippen LogP contribution in [0.2, 0.25) is 0 Å². The van der Waals surface area contributed by atoms with Gasteiger partial charge in [0.25, 0.3) is 11.8 Å². The lowest BCUT2D eigenvalue weighted by Crippen LogP contribution is -2.44. The maximum Gasteiger partial charge on any atom is 0.276 e. The van der Waals surface area contributed by atoms with Gasteiger partial charge in [-0.25, -0.2) is 4.98 Å². The van der Waals surface area contributed by atoms with Crippen molar-refractivity contribution in [3.05, 3.63) is 29.6 Å². The van der Waals surface area contributed by atoms with Gasteiger partial charge in [-0.2, -0.15) is 15.4 Å². The quantitative estimate of drug-likeness (QED) is 0.740. The van der Waals surface area contributed by atoms with E-state index in [-0.39, 0.29) is 17.7 Å². The van der Waals surface area contributed by atoms with E-state index in [9.17, 15) is 9.59 Å². The average molecular weight is 317 g/mol. The van der Waals surface area contributed by atoms with E-state index in [0.29, 0.717) is 31.0 Å². The molecular weight excluding hydrogens is 298 g/mol. The summed E-state index contributed by atoms with van der Waals surface area (Å²) in [6, 6.07) is 0. The van der Waals surface area contributed by atoms with Crippen molar-refractivity contribution in [1.29, 1.82) is 0 Å². The van der Waals surface area contributed by atoms with Crippen LogP contribution in [-0.4, -0.2) is 61.7 Å². The summed E-state index contributed by atoms with van der Waals surface area (Å²) in [5.41, 5.74) is 1.48. The van der Waals surface area contributed by atoms with E-state index in [2.05, 4.69) is 30.7 Å². The second-order valence-corrected chi connectivity index (χ2v) is 5.70.